The number of carbonyl (C=O) groups excluding carboxylic acids is 8. The lowest BCUT2D eigenvalue weighted by molar-refractivity contribution is -0.195. The second-order valence-corrected chi connectivity index (χ2v) is 7.78. The zero-order valence-electron chi connectivity index (χ0n) is 17.8. The van der Waals surface area contributed by atoms with Crippen LogP contribution in [-0.4, -0.2) is 65.5 Å². The summed E-state index contributed by atoms with van der Waals surface area (Å²) in [6.07, 6.45) is 0.558. The van der Waals surface area contributed by atoms with Gasteiger partial charge in [0.2, 0.25) is 10.5 Å². The van der Waals surface area contributed by atoms with E-state index in [2.05, 4.69) is 51.2 Å². The molecule has 2 rings (SSSR count). The monoisotopic (exact) mass is 626 g/mol. The summed E-state index contributed by atoms with van der Waals surface area (Å²) in [6.45, 7) is 3.72. The van der Waals surface area contributed by atoms with Crippen molar-refractivity contribution in [3.8, 4) is 0 Å². The van der Waals surface area contributed by atoms with Gasteiger partial charge in [0, 0.05) is 46.5 Å². The van der Waals surface area contributed by atoms with Crippen LogP contribution in [0.25, 0.3) is 0 Å². The molecule has 0 bridgehead atoms. The first-order chi connectivity index (χ1) is 15.4. The van der Waals surface area contributed by atoms with Gasteiger partial charge in [-0.15, -0.1) is 28.3 Å². The minimum atomic E-state index is -0.889. The van der Waals surface area contributed by atoms with Crippen molar-refractivity contribution in [2.24, 2.45) is 0 Å². The van der Waals surface area contributed by atoms with Crippen molar-refractivity contribution >= 4 is 114 Å². The number of hydroxylamine groups is 4. The molecule has 0 aromatic heterocycles. The number of nitrogens with zero attached hydrogens (tertiary/aromatic N) is 2. The molecule has 2 aliphatic rings. The Labute approximate surface area is 231 Å². The maximum absolute atomic E-state index is 10.7. The molecule has 0 unspecified atom stereocenters. The van der Waals surface area contributed by atoms with Crippen molar-refractivity contribution in [1.29, 1.82) is 0 Å². The van der Waals surface area contributed by atoms with Gasteiger partial charge in [-0.1, -0.05) is 7.43 Å². The quantitative estimate of drug-likeness (QED) is 0.191. The summed E-state index contributed by atoms with van der Waals surface area (Å²) in [6, 6.07) is 0. The number of imide groups is 2. The van der Waals surface area contributed by atoms with E-state index >= 15 is 0 Å². The number of hydrogen-bond donors (Lipinski definition) is 1. The summed E-state index contributed by atoms with van der Waals surface area (Å²) in [5.74, 6) is -2.57. The highest BCUT2D eigenvalue weighted by Gasteiger charge is 2.31. The fourth-order valence-electron chi connectivity index (χ4n) is 1.35. The number of alkyl halides is 2. The van der Waals surface area contributed by atoms with Crippen LogP contribution in [0.1, 0.15) is 53.9 Å². The summed E-state index contributed by atoms with van der Waals surface area (Å²) >= 11 is 27.6. The number of halogens is 6. The van der Waals surface area contributed by atoms with E-state index in [-0.39, 0.29) is 54.0 Å². The normalized spacial score (nSPS) is 12.9. The van der Waals surface area contributed by atoms with Crippen molar-refractivity contribution in [2.75, 3.05) is 5.34 Å². The molecular weight excluding hydrogens is 605 g/mol. The summed E-state index contributed by atoms with van der Waals surface area (Å²) in [4.78, 5) is 84.0. The third kappa shape index (κ3) is 37.2. The van der Waals surface area contributed by atoms with E-state index in [9.17, 15) is 33.6 Å². The Balaban J connectivity index is -0.000000111. The van der Waals surface area contributed by atoms with Gasteiger partial charge in [-0.3, -0.25) is 38.8 Å². The summed E-state index contributed by atoms with van der Waals surface area (Å²) < 4.78 is -0.889. The molecule has 18 heteroatoms. The third-order valence-electron chi connectivity index (χ3n) is 2.25. The van der Waals surface area contributed by atoms with E-state index in [1.54, 1.807) is 0 Å². The molecule has 0 aromatic rings. The second-order valence-electron chi connectivity index (χ2n) is 5.03. The highest BCUT2D eigenvalue weighted by molar-refractivity contribution is 6.93. The predicted octanol–water partition coefficient (Wildman–Crippen LogP) is 4.32. The van der Waals surface area contributed by atoms with Gasteiger partial charge in [0.1, 0.15) is 0 Å². The van der Waals surface area contributed by atoms with E-state index in [1.807, 2.05) is 0 Å². The van der Waals surface area contributed by atoms with E-state index in [0.29, 0.717) is 5.06 Å². The lowest BCUT2D eigenvalue weighted by Gasteiger charge is -2.09. The van der Waals surface area contributed by atoms with Gasteiger partial charge >= 0.3 is 10.7 Å². The fraction of sp³-hybridized carbons (Fsp3) is 0.529. The molecule has 2 aliphatic heterocycles. The third-order valence-corrected chi connectivity index (χ3v) is 2.25. The van der Waals surface area contributed by atoms with Crippen molar-refractivity contribution in [3.63, 3.8) is 0 Å². The van der Waals surface area contributed by atoms with Crippen LogP contribution in [0.3, 0.4) is 0 Å². The van der Waals surface area contributed by atoms with Gasteiger partial charge in [0.05, 0.1) is 5.34 Å². The largest absolute Gasteiger partial charge is 0.331 e. The van der Waals surface area contributed by atoms with Crippen molar-refractivity contribution < 1.29 is 48.4 Å². The molecule has 0 radical (unpaired) electrons. The zero-order valence-corrected chi connectivity index (χ0v) is 22.4. The van der Waals surface area contributed by atoms with Crippen LogP contribution in [0.5, 0.6) is 0 Å². The average molecular weight is 629 g/mol. The first kappa shape index (κ1) is 43.5. The van der Waals surface area contributed by atoms with Gasteiger partial charge in [-0.05, 0) is 46.4 Å². The molecule has 204 valence electrons. The van der Waals surface area contributed by atoms with E-state index < -0.39 is 34.3 Å². The molecule has 2 heterocycles. The molecule has 0 aliphatic carbocycles. The van der Waals surface area contributed by atoms with Gasteiger partial charge in [0.15, 0.2) is 0 Å². The first-order valence-corrected chi connectivity index (χ1v) is 10.9. The number of hydrogen-bond acceptors (Lipinski definition) is 10. The Morgan fingerprint density at radius 2 is 0.943 bits per heavy atom. The lowest BCUT2D eigenvalue weighted by Crippen LogP contribution is -2.30. The van der Waals surface area contributed by atoms with Crippen molar-refractivity contribution in [2.45, 2.75) is 53.9 Å². The summed E-state index contributed by atoms with van der Waals surface area (Å²) in [5.41, 5.74) is 0. The Morgan fingerprint density at radius 1 is 0.743 bits per heavy atom. The fourth-order valence-corrected chi connectivity index (χ4v) is 1.35. The second kappa shape index (κ2) is 27.1. The molecule has 0 aromatic carbocycles. The maximum Gasteiger partial charge on any atom is 0.330 e. The van der Waals surface area contributed by atoms with Crippen LogP contribution in [0.2, 0.25) is 0 Å². The standard InChI is InChI=1S/C6H7NO4.C4H5NO3.2C2H3ClO.CCl2O.CH2Cl2.CH4/c1-4(8)11-7-5(9)2-3-6(7)10;6-3-1-2-4(7)5(3)8;2*1-2(3)4;2-1(3)4;2-1-3;/h2-3H2,1H3;8H,1-2H2;2*1H3;;1H2;1H4. The van der Waals surface area contributed by atoms with Crippen LogP contribution in [0.4, 0.5) is 4.79 Å². The van der Waals surface area contributed by atoms with Gasteiger partial charge in [-0.25, -0.2) is 4.79 Å². The van der Waals surface area contributed by atoms with E-state index in [4.69, 9.17) is 33.2 Å². The Morgan fingerprint density at radius 3 is 1.09 bits per heavy atom. The number of amides is 4. The Kier molecular flexibility index (Phi) is 33.6. The smallest absolute Gasteiger partial charge is 0.330 e. The van der Waals surface area contributed by atoms with Gasteiger partial charge in [0.25, 0.3) is 23.6 Å². The number of rotatable bonds is 1. The molecular formula is C17H24Cl6N2O10. The van der Waals surface area contributed by atoms with Crippen LogP contribution in [0.15, 0.2) is 0 Å². The molecule has 4 amide bonds. The first-order valence-electron chi connectivity index (χ1n) is 8.32. The van der Waals surface area contributed by atoms with Crippen LogP contribution >= 0.6 is 69.6 Å². The van der Waals surface area contributed by atoms with Crippen LogP contribution in [0, 0.1) is 0 Å². The minimum Gasteiger partial charge on any atom is -0.331 e. The Bertz CT molecular complexity index is 664. The molecule has 35 heavy (non-hydrogen) atoms. The molecule has 0 atom stereocenters. The SMILES string of the molecule is C.CC(=O)Cl.CC(=O)Cl.CC(=O)ON1C(=O)CCC1=O.ClCCl.O=C(Cl)Cl.O=C1CCC(=O)N1O. The molecule has 2 fully saturated rings. The highest BCUT2D eigenvalue weighted by atomic mass is 35.5. The average Bonchev–Trinajstić information content (AvgIpc) is 3.11. The Hall–Kier alpha value is -1.54. The number of carbonyl (C=O) groups is 8. The van der Waals surface area contributed by atoms with E-state index in [0.717, 1.165) is 6.92 Å². The molecule has 12 nitrogen and oxygen atoms in total. The molecule has 2 saturated heterocycles. The zero-order chi connectivity index (χ0) is 28.0. The van der Waals surface area contributed by atoms with Crippen molar-refractivity contribution in [3.05, 3.63) is 0 Å². The summed E-state index contributed by atoms with van der Waals surface area (Å²) in [5, 5.41) is 8.56. The van der Waals surface area contributed by atoms with E-state index in [1.165, 1.54) is 13.8 Å². The topological polar surface area (TPSA) is 172 Å². The lowest BCUT2D eigenvalue weighted by atomic mass is 10.4. The summed E-state index contributed by atoms with van der Waals surface area (Å²) in [7, 11) is 0. The highest BCUT2D eigenvalue weighted by Crippen LogP contribution is 2.11. The molecule has 0 saturated carbocycles. The van der Waals surface area contributed by atoms with Gasteiger partial charge < -0.3 is 4.84 Å². The maximum atomic E-state index is 10.7. The molecule has 1 N–H and O–H groups in total. The van der Waals surface area contributed by atoms with Crippen molar-refractivity contribution in [1.82, 2.24) is 10.1 Å². The minimum absolute atomic E-state index is 0. The van der Waals surface area contributed by atoms with Crippen LogP contribution in [-0.2, 0) is 38.4 Å². The van der Waals surface area contributed by atoms with Gasteiger partial charge in [-0.2, -0.15) is 5.06 Å². The molecule has 0 spiro atoms. The predicted molar refractivity (Wildman–Crippen MR) is 129 cm³/mol. The van der Waals surface area contributed by atoms with Crippen LogP contribution < -0.4 is 0 Å².